The zero-order valence-electron chi connectivity index (χ0n) is 13.6. The van der Waals surface area contributed by atoms with Crippen LogP contribution in [0.3, 0.4) is 0 Å². The predicted molar refractivity (Wildman–Crippen MR) is 83.7 cm³/mol. The zero-order valence-corrected chi connectivity index (χ0v) is 14.6. The third-order valence-electron chi connectivity index (χ3n) is 4.85. The van der Waals surface area contributed by atoms with Gasteiger partial charge in [0.15, 0.2) is 5.79 Å². The van der Waals surface area contributed by atoms with Crippen LogP contribution in [0.15, 0.2) is 11.8 Å². The molecule has 3 aliphatic heterocycles. The second-order valence-electron chi connectivity index (χ2n) is 8.23. The molecule has 3 rings (SSSR count). The van der Waals surface area contributed by atoms with Crippen molar-refractivity contribution in [3.63, 3.8) is 0 Å². The lowest BCUT2D eigenvalue weighted by Gasteiger charge is -2.30. The van der Waals surface area contributed by atoms with Gasteiger partial charge in [-0.1, -0.05) is 38.3 Å². The van der Waals surface area contributed by atoms with Crippen LogP contribution in [0, 0.1) is 5.41 Å². The SMILES string of the molecule is C[C@@]1(CO)COC2C[C@@]3(CC[C@@H](/C=C/[Si](C)(C)C)O3)O[C@@H]21. The van der Waals surface area contributed by atoms with Crippen LogP contribution in [0.2, 0.25) is 19.6 Å². The van der Waals surface area contributed by atoms with Gasteiger partial charge in [0, 0.05) is 18.3 Å². The van der Waals surface area contributed by atoms with Crippen LogP contribution in [0.5, 0.6) is 0 Å². The highest BCUT2D eigenvalue weighted by Crippen LogP contribution is 2.50. The van der Waals surface area contributed by atoms with E-state index in [2.05, 4.69) is 31.4 Å². The number of aliphatic hydroxyl groups excluding tert-OH is 1. The monoisotopic (exact) mass is 312 g/mol. The van der Waals surface area contributed by atoms with E-state index in [1.54, 1.807) is 0 Å². The van der Waals surface area contributed by atoms with E-state index in [0.717, 1.165) is 19.3 Å². The smallest absolute Gasteiger partial charge is 0.172 e. The van der Waals surface area contributed by atoms with Crippen LogP contribution in [0.4, 0.5) is 0 Å². The van der Waals surface area contributed by atoms with Crippen molar-refractivity contribution in [2.75, 3.05) is 13.2 Å². The molecule has 3 heterocycles. The highest BCUT2D eigenvalue weighted by molar-refractivity contribution is 6.80. The normalized spacial score (nSPS) is 46.8. The molecule has 120 valence electrons. The molecule has 0 aromatic rings. The predicted octanol–water partition coefficient (Wildman–Crippen LogP) is 2.48. The van der Waals surface area contributed by atoms with Crippen LogP contribution in [-0.4, -0.2) is 50.5 Å². The molecule has 5 atom stereocenters. The van der Waals surface area contributed by atoms with Gasteiger partial charge in [0.2, 0.25) is 0 Å². The fourth-order valence-electron chi connectivity index (χ4n) is 3.55. The first-order chi connectivity index (χ1) is 9.75. The van der Waals surface area contributed by atoms with Gasteiger partial charge in [0.1, 0.15) is 0 Å². The Balaban J connectivity index is 1.66. The highest BCUT2D eigenvalue weighted by atomic mass is 28.3. The Morgan fingerprint density at radius 3 is 2.71 bits per heavy atom. The molecule has 0 bridgehead atoms. The summed E-state index contributed by atoms with van der Waals surface area (Å²) in [5, 5.41) is 9.62. The van der Waals surface area contributed by atoms with Gasteiger partial charge in [-0.3, -0.25) is 0 Å². The van der Waals surface area contributed by atoms with Crippen molar-refractivity contribution in [2.24, 2.45) is 5.41 Å². The van der Waals surface area contributed by atoms with Crippen LogP contribution >= 0.6 is 0 Å². The third kappa shape index (κ3) is 2.99. The molecule has 1 spiro atoms. The highest BCUT2D eigenvalue weighted by Gasteiger charge is 2.60. The van der Waals surface area contributed by atoms with Crippen molar-refractivity contribution >= 4 is 8.07 Å². The van der Waals surface area contributed by atoms with Gasteiger partial charge in [-0.05, 0) is 6.42 Å². The van der Waals surface area contributed by atoms with E-state index >= 15 is 0 Å². The lowest BCUT2D eigenvalue weighted by Crippen LogP contribution is -2.39. The van der Waals surface area contributed by atoms with E-state index in [-0.39, 0.29) is 30.3 Å². The van der Waals surface area contributed by atoms with Gasteiger partial charge in [-0.25, -0.2) is 0 Å². The third-order valence-corrected chi connectivity index (χ3v) is 6.05. The Morgan fingerprint density at radius 2 is 2.05 bits per heavy atom. The second kappa shape index (κ2) is 5.17. The summed E-state index contributed by atoms with van der Waals surface area (Å²) in [7, 11) is -1.19. The van der Waals surface area contributed by atoms with Crippen molar-refractivity contribution in [1.29, 1.82) is 0 Å². The minimum absolute atomic E-state index is 0.0396. The molecule has 3 saturated heterocycles. The minimum Gasteiger partial charge on any atom is -0.396 e. The van der Waals surface area contributed by atoms with Gasteiger partial charge < -0.3 is 19.3 Å². The Morgan fingerprint density at radius 1 is 1.29 bits per heavy atom. The van der Waals surface area contributed by atoms with Crippen molar-refractivity contribution in [3.8, 4) is 0 Å². The Labute approximate surface area is 128 Å². The van der Waals surface area contributed by atoms with Crippen LogP contribution < -0.4 is 0 Å². The first kappa shape index (κ1) is 15.7. The van der Waals surface area contributed by atoms with E-state index in [1.807, 2.05) is 6.92 Å². The van der Waals surface area contributed by atoms with E-state index < -0.39 is 13.9 Å². The largest absolute Gasteiger partial charge is 0.396 e. The lowest BCUT2D eigenvalue weighted by atomic mass is 9.86. The summed E-state index contributed by atoms with van der Waals surface area (Å²) in [4.78, 5) is 0. The maximum absolute atomic E-state index is 9.62. The standard InChI is InChI=1S/C16H28O4Si/c1-15(10-17)11-18-13-9-16(20-14(13)15)7-5-12(19-16)6-8-21(2,3)4/h6,8,12-14,17H,5,7,9-11H2,1-4H3/b8-6+/t12-,13?,14-,15+,16+/m0/s1. The number of fused-ring (bicyclic) bond motifs is 1. The van der Waals surface area contributed by atoms with Crippen LogP contribution in [0.25, 0.3) is 0 Å². The number of hydrogen-bond acceptors (Lipinski definition) is 4. The van der Waals surface area contributed by atoms with E-state index in [9.17, 15) is 5.11 Å². The average molecular weight is 312 g/mol. The van der Waals surface area contributed by atoms with Crippen molar-refractivity contribution < 1.29 is 19.3 Å². The molecular formula is C16H28O4Si. The van der Waals surface area contributed by atoms with Gasteiger partial charge >= 0.3 is 0 Å². The fraction of sp³-hybridized carbons (Fsp3) is 0.875. The Kier molecular flexibility index (Phi) is 3.86. The van der Waals surface area contributed by atoms with Crippen molar-refractivity contribution in [1.82, 2.24) is 0 Å². The molecule has 21 heavy (non-hydrogen) atoms. The molecular weight excluding hydrogens is 284 g/mol. The van der Waals surface area contributed by atoms with Gasteiger partial charge in [-0.2, -0.15) is 0 Å². The quantitative estimate of drug-likeness (QED) is 0.813. The second-order valence-corrected chi connectivity index (χ2v) is 13.3. The molecule has 0 aromatic heterocycles. The maximum atomic E-state index is 9.62. The maximum Gasteiger partial charge on any atom is 0.172 e. The van der Waals surface area contributed by atoms with E-state index in [0.29, 0.717) is 6.61 Å². The molecule has 3 fully saturated rings. The molecule has 0 amide bonds. The van der Waals surface area contributed by atoms with Crippen LogP contribution in [-0.2, 0) is 14.2 Å². The van der Waals surface area contributed by atoms with Gasteiger partial charge in [0.25, 0.3) is 0 Å². The summed E-state index contributed by atoms with van der Waals surface area (Å²) in [5.74, 6) is -0.485. The zero-order chi connectivity index (χ0) is 15.3. The Bertz CT molecular complexity index is 432. The molecule has 0 saturated carbocycles. The van der Waals surface area contributed by atoms with Crippen molar-refractivity contribution in [2.45, 2.75) is 69.9 Å². The summed E-state index contributed by atoms with van der Waals surface area (Å²) >= 11 is 0. The molecule has 0 radical (unpaired) electrons. The molecule has 5 heteroatoms. The van der Waals surface area contributed by atoms with E-state index in [4.69, 9.17) is 14.2 Å². The molecule has 1 N–H and O–H groups in total. The number of hydrogen-bond donors (Lipinski definition) is 1. The fourth-order valence-corrected chi connectivity index (χ4v) is 4.34. The molecule has 3 aliphatic rings. The first-order valence-electron chi connectivity index (χ1n) is 8.03. The molecule has 0 aromatic carbocycles. The first-order valence-corrected chi connectivity index (χ1v) is 11.6. The van der Waals surface area contributed by atoms with Gasteiger partial charge in [0.05, 0.1) is 39.6 Å². The average Bonchev–Trinajstić information content (AvgIpc) is 3.05. The summed E-state index contributed by atoms with van der Waals surface area (Å²) in [6.45, 7) is 9.69. The van der Waals surface area contributed by atoms with Crippen LogP contribution in [0.1, 0.15) is 26.2 Å². The Hall–Kier alpha value is -0.203. The topological polar surface area (TPSA) is 47.9 Å². The molecule has 1 unspecified atom stereocenters. The van der Waals surface area contributed by atoms with Crippen molar-refractivity contribution in [3.05, 3.63) is 11.8 Å². The molecule has 4 nitrogen and oxygen atoms in total. The minimum atomic E-state index is -1.19. The number of aliphatic hydroxyl groups is 1. The molecule has 0 aliphatic carbocycles. The number of ether oxygens (including phenoxy) is 3. The number of rotatable bonds is 3. The summed E-state index contributed by atoms with van der Waals surface area (Å²) in [5.41, 5.74) is 2.06. The van der Waals surface area contributed by atoms with E-state index in [1.165, 1.54) is 0 Å². The summed E-state index contributed by atoms with van der Waals surface area (Å²) in [6.07, 6.45) is 5.15. The summed E-state index contributed by atoms with van der Waals surface area (Å²) in [6, 6.07) is 0. The lowest BCUT2D eigenvalue weighted by molar-refractivity contribution is -0.226. The van der Waals surface area contributed by atoms with Gasteiger partial charge in [-0.15, -0.1) is 0 Å². The summed E-state index contributed by atoms with van der Waals surface area (Å²) < 4.78 is 18.3.